The van der Waals surface area contributed by atoms with Crippen LogP contribution in [0.3, 0.4) is 0 Å². The lowest BCUT2D eigenvalue weighted by molar-refractivity contribution is 0.101. The predicted molar refractivity (Wildman–Crippen MR) is 85.9 cm³/mol. The number of carbonyl (C=O) groups excluding carboxylic acids is 1. The monoisotopic (exact) mass is 324 g/mol. The lowest BCUT2D eigenvalue weighted by Gasteiger charge is -2.26. The molecule has 5 nitrogen and oxygen atoms in total. The van der Waals surface area contributed by atoms with E-state index in [0.29, 0.717) is 12.5 Å². The van der Waals surface area contributed by atoms with Crippen molar-refractivity contribution in [3.05, 3.63) is 30.1 Å². The number of nitrogens with one attached hydrogen (secondary N) is 2. The molecule has 0 aromatic heterocycles. The van der Waals surface area contributed by atoms with Gasteiger partial charge in [0.1, 0.15) is 6.10 Å². The van der Waals surface area contributed by atoms with Gasteiger partial charge in [0.2, 0.25) is 0 Å². The molecule has 0 spiro atoms. The van der Waals surface area contributed by atoms with E-state index in [-0.39, 0.29) is 30.5 Å². The summed E-state index contributed by atoms with van der Waals surface area (Å²) in [6.45, 7) is 2.61. The average molecular weight is 324 g/mol. The number of hydrogen-bond donors (Lipinski definition) is 3. The Kier molecular flexibility index (Phi) is 6.65. The molecule has 1 aromatic rings. The maximum absolute atomic E-state index is 13.5. The summed E-state index contributed by atoms with van der Waals surface area (Å²) < 4.78 is 18.9. The lowest BCUT2D eigenvalue weighted by Crippen LogP contribution is -2.42. The van der Waals surface area contributed by atoms with Crippen LogP contribution in [0.2, 0.25) is 0 Å². The molecule has 3 N–H and O–H groups in total. The van der Waals surface area contributed by atoms with Crippen LogP contribution in [0.5, 0.6) is 5.75 Å². The summed E-state index contributed by atoms with van der Waals surface area (Å²) in [7, 11) is 0. The molecule has 128 valence electrons. The Hall–Kier alpha value is -1.82. The topological polar surface area (TPSA) is 70.6 Å². The van der Waals surface area contributed by atoms with Crippen molar-refractivity contribution in [2.45, 2.75) is 44.8 Å². The van der Waals surface area contributed by atoms with Crippen molar-refractivity contribution < 1.29 is 19.0 Å². The van der Waals surface area contributed by atoms with Crippen molar-refractivity contribution in [3.63, 3.8) is 0 Å². The Bertz CT molecular complexity index is 512. The molecule has 3 unspecified atom stereocenters. The second-order valence-corrected chi connectivity index (χ2v) is 6.14. The molecule has 1 saturated carbocycles. The molecule has 0 radical (unpaired) electrons. The lowest BCUT2D eigenvalue weighted by atomic mass is 9.87. The fourth-order valence-electron chi connectivity index (χ4n) is 2.78. The number of amides is 2. The highest BCUT2D eigenvalue weighted by molar-refractivity contribution is 5.73. The standard InChI is InChI=1S/C17H25FN2O3/c1-12(23-16-8-3-2-7-15(16)18)10-19-17(22)20-11-13-5-4-6-14(21)9-13/h2-3,7-8,12-14,21H,4-6,9-11H2,1H3,(H2,19,20,22). The van der Waals surface area contributed by atoms with E-state index in [1.54, 1.807) is 25.1 Å². The van der Waals surface area contributed by atoms with Gasteiger partial charge in [-0.15, -0.1) is 0 Å². The van der Waals surface area contributed by atoms with Crippen molar-refractivity contribution in [1.29, 1.82) is 0 Å². The number of aliphatic hydroxyl groups excluding tert-OH is 1. The smallest absolute Gasteiger partial charge is 0.314 e. The number of benzene rings is 1. The van der Waals surface area contributed by atoms with E-state index in [4.69, 9.17) is 4.74 Å². The number of aliphatic hydroxyl groups is 1. The Morgan fingerprint density at radius 2 is 2.17 bits per heavy atom. The average Bonchev–Trinajstić information content (AvgIpc) is 2.53. The van der Waals surface area contributed by atoms with E-state index in [1.165, 1.54) is 6.07 Å². The normalized spacial score (nSPS) is 22.2. The largest absolute Gasteiger partial charge is 0.486 e. The molecule has 23 heavy (non-hydrogen) atoms. The quantitative estimate of drug-likeness (QED) is 0.753. The molecule has 0 aliphatic heterocycles. The zero-order valence-electron chi connectivity index (χ0n) is 13.4. The summed E-state index contributed by atoms with van der Waals surface area (Å²) in [6, 6.07) is 5.92. The minimum absolute atomic E-state index is 0.179. The van der Waals surface area contributed by atoms with Crippen molar-refractivity contribution in [3.8, 4) is 5.75 Å². The Labute approximate surface area is 136 Å². The van der Waals surface area contributed by atoms with Crippen LogP contribution in [0.25, 0.3) is 0 Å². The van der Waals surface area contributed by atoms with Crippen molar-refractivity contribution >= 4 is 6.03 Å². The zero-order valence-corrected chi connectivity index (χ0v) is 13.4. The van der Waals surface area contributed by atoms with E-state index in [2.05, 4.69) is 10.6 Å². The van der Waals surface area contributed by atoms with Gasteiger partial charge >= 0.3 is 6.03 Å². The molecular weight excluding hydrogens is 299 g/mol. The summed E-state index contributed by atoms with van der Waals surface area (Å²) in [4.78, 5) is 11.8. The Morgan fingerprint density at radius 1 is 1.39 bits per heavy atom. The third-order valence-corrected chi connectivity index (χ3v) is 4.02. The van der Waals surface area contributed by atoms with Crippen LogP contribution in [0, 0.1) is 11.7 Å². The fourth-order valence-corrected chi connectivity index (χ4v) is 2.78. The predicted octanol–water partition coefficient (Wildman–Crippen LogP) is 2.44. The van der Waals surface area contributed by atoms with Crippen LogP contribution < -0.4 is 15.4 Å². The first-order valence-electron chi connectivity index (χ1n) is 8.15. The van der Waals surface area contributed by atoms with Gasteiger partial charge in [0.15, 0.2) is 11.6 Å². The van der Waals surface area contributed by atoms with Gasteiger partial charge < -0.3 is 20.5 Å². The van der Waals surface area contributed by atoms with E-state index in [9.17, 15) is 14.3 Å². The van der Waals surface area contributed by atoms with Crippen LogP contribution in [0.15, 0.2) is 24.3 Å². The molecule has 0 heterocycles. The van der Waals surface area contributed by atoms with Gasteiger partial charge in [-0.2, -0.15) is 0 Å². The highest BCUT2D eigenvalue weighted by Gasteiger charge is 2.20. The third-order valence-electron chi connectivity index (χ3n) is 4.02. The first-order chi connectivity index (χ1) is 11.0. The van der Waals surface area contributed by atoms with Gasteiger partial charge in [0, 0.05) is 6.54 Å². The number of urea groups is 1. The molecule has 2 amide bonds. The number of para-hydroxylation sites is 1. The summed E-state index contributed by atoms with van der Waals surface area (Å²) in [5.41, 5.74) is 0. The van der Waals surface area contributed by atoms with Crippen LogP contribution in [-0.2, 0) is 0 Å². The van der Waals surface area contributed by atoms with Crippen molar-refractivity contribution in [2.24, 2.45) is 5.92 Å². The van der Waals surface area contributed by atoms with Crippen LogP contribution >= 0.6 is 0 Å². The number of carbonyl (C=O) groups is 1. The fraction of sp³-hybridized carbons (Fsp3) is 0.588. The minimum atomic E-state index is -0.417. The zero-order chi connectivity index (χ0) is 16.7. The molecule has 1 aromatic carbocycles. The first-order valence-corrected chi connectivity index (χ1v) is 8.15. The van der Waals surface area contributed by atoms with Crippen molar-refractivity contribution in [1.82, 2.24) is 10.6 Å². The summed E-state index contributed by atoms with van der Waals surface area (Å²) in [6.07, 6.45) is 3.05. The Morgan fingerprint density at radius 3 is 2.91 bits per heavy atom. The summed E-state index contributed by atoms with van der Waals surface area (Å²) >= 11 is 0. The summed E-state index contributed by atoms with van der Waals surface area (Å²) in [5, 5.41) is 15.1. The molecule has 1 aliphatic carbocycles. The third kappa shape index (κ3) is 6.06. The minimum Gasteiger partial charge on any atom is -0.486 e. The number of halogens is 1. The van der Waals surface area contributed by atoms with Gasteiger partial charge in [-0.1, -0.05) is 18.6 Å². The number of rotatable bonds is 6. The molecule has 1 fully saturated rings. The van der Waals surface area contributed by atoms with Gasteiger partial charge in [-0.25, -0.2) is 9.18 Å². The molecule has 6 heteroatoms. The van der Waals surface area contributed by atoms with E-state index < -0.39 is 5.82 Å². The maximum atomic E-state index is 13.5. The van der Waals surface area contributed by atoms with E-state index >= 15 is 0 Å². The van der Waals surface area contributed by atoms with Gasteiger partial charge in [-0.3, -0.25) is 0 Å². The summed E-state index contributed by atoms with van der Waals surface area (Å²) in [5.74, 6) is 0.0923. The number of hydrogen-bond acceptors (Lipinski definition) is 3. The van der Waals surface area contributed by atoms with Crippen LogP contribution in [0.1, 0.15) is 32.6 Å². The van der Waals surface area contributed by atoms with Crippen LogP contribution in [0.4, 0.5) is 9.18 Å². The SMILES string of the molecule is CC(CNC(=O)NCC1CCCC(O)C1)Oc1ccccc1F. The van der Waals surface area contributed by atoms with Crippen LogP contribution in [-0.4, -0.2) is 36.4 Å². The Balaban J connectivity index is 1.64. The maximum Gasteiger partial charge on any atom is 0.314 e. The highest BCUT2D eigenvalue weighted by Crippen LogP contribution is 2.23. The van der Waals surface area contributed by atoms with Gasteiger partial charge in [0.25, 0.3) is 0 Å². The second-order valence-electron chi connectivity index (χ2n) is 6.14. The van der Waals surface area contributed by atoms with E-state index in [0.717, 1.165) is 25.7 Å². The molecule has 3 atom stereocenters. The first kappa shape index (κ1) is 17.5. The molecule has 0 saturated heterocycles. The second kappa shape index (κ2) is 8.72. The highest BCUT2D eigenvalue weighted by atomic mass is 19.1. The molecule has 1 aliphatic rings. The molecular formula is C17H25FN2O3. The molecule has 2 rings (SSSR count). The van der Waals surface area contributed by atoms with E-state index in [1.807, 2.05) is 0 Å². The molecule has 0 bridgehead atoms. The number of ether oxygens (including phenoxy) is 1. The van der Waals surface area contributed by atoms with Crippen molar-refractivity contribution in [2.75, 3.05) is 13.1 Å². The van der Waals surface area contributed by atoms with Gasteiger partial charge in [-0.05, 0) is 44.2 Å². The van der Waals surface area contributed by atoms with Gasteiger partial charge in [0.05, 0.1) is 12.6 Å².